The van der Waals surface area contributed by atoms with Gasteiger partial charge < -0.3 is 21.1 Å². The van der Waals surface area contributed by atoms with Crippen LogP contribution < -0.4 is 21.1 Å². The molecule has 4 N–H and O–H groups in total. The summed E-state index contributed by atoms with van der Waals surface area (Å²) in [6.45, 7) is 2.79. The van der Waals surface area contributed by atoms with Crippen LogP contribution in [-0.2, 0) is 6.54 Å². The van der Waals surface area contributed by atoms with Crippen LogP contribution >= 0.6 is 12.4 Å². The molecule has 0 radical (unpaired) electrons. The summed E-state index contributed by atoms with van der Waals surface area (Å²) >= 11 is 0. The predicted molar refractivity (Wildman–Crippen MR) is 118 cm³/mol. The van der Waals surface area contributed by atoms with Gasteiger partial charge in [0.2, 0.25) is 0 Å². The first kappa shape index (κ1) is 21.0. The Kier molecular flexibility index (Phi) is 7.41. The summed E-state index contributed by atoms with van der Waals surface area (Å²) in [6, 6.07) is 18.1. The van der Waals surface area contributed by atoms with Gasteiger partial charge in [0.1, 0.15) is 23.6 Å². The molecular weight excluding hydrogens is 386 g/mol. The molecule has 29 heavy (non-hydrogen) atoms. The molecule has 1 saturated heterocycles. The second-order valence-corrected chi connectivity index (χ2v) is 6.93. The van der Waals surface area contributed by atoms with Crippen molar-refractivity contribution in [2.24, 2.45) is 0 Å². The number of anilines is 1. The third-order valence-electron chi connectivity index (χ3n) is 4.97. The Morgan fingerprint density at radius 1 is 0.966 bits per heavy atom. The van der Waals surface area contributed by atoms with Gasteiger partial charge in [-0.1, -0.05) is 30.3 Å². The lowest BCUT2D eigenvalue weighted by atomic mass is 10.0. The standard InChI is InChI=1S/C22H25N5O.ClH/c23-22-21(20(26-15-27-22)14-25-17-10-12-24-13-11-17)16-6-8-19(9-7-16)28-18-4-2-1-3-5-18;/h1-9,15,17,24-25H,10-14H2,(H2,23,26,27);1H. The Morgan fingerprint density at radius 2 is 1.66 bits per heavy atom. The number of nitrogen functional groups attached to an aromatic ring is 1. The molecule has 0 aliphatic carbocycles. The molecule has 0 bridgehead atoms. The fourth-order valence-electron chi connectivity index (χ4n) is 3.47. The Morgan fingerprint density at radius 3 is 2.38 bits per heavy atom. The number of aromatic nitrogens is 2. The van der Waals surface area contributed by atoms with E-state index in [4.69, 9.17) is 10.5 Å². The average molecular weight is 412 g/mol. The molecule has 0 amide bonds. The first-order chi connectivity index (χ1) is 13.8. The molecule has 0 saturated carbocycles. The number of para-hydroxylation sites is 1. The minimum atomic E-state index is 0. The summed E-state index contributed by atoms with van der Waals surface area (Å²) in [6.07, 6.45) is 3.79. The zero-order valence-corrected chi connectivity index (χ0v) is 17.0. The van der Waals surface area contributed by atoms with Crippen molar-refractivity contribution in [1.82, 2.24) is 20.6 Å². The van der Waals surface area contributed by atoms with E-state index in [2.05, 4.69) is 20.6 Å². The van der Waals surface area contributed by atoms with Gasteiger partial charge >= 0.3 is 0 Å². The zero-order chi connectivity index (χ0) is 19.2. The van der Waals surface area contributed by atoms with Gasteiger partial charge in [-0.05, 0) is 55.8 Å². The summed E-state index contributed by atoms with van der Waals surface area (Å²) in [4.78, 5) is 8.69. The Bertz CT molecular complexity index is 899. The number of rotatable bonds is 6. The zero-order valence-electron chi connectivity index (χ0n) is 16.2. The lowest BCUT2D eigenvalue weighted by Gasteiger charge is -2.24. The summed E-state index contributed by atoms with van der Waals surface area (Å²) in [5, 5.41) is 6.99. The van der Waals surface area contributed by atoms with Gasteiger partial charge in [-0.3, -0.25) is 0 Å². The van der Waals surface area contributed by atoms with Crippen molar-refractivity contribution in [2.45, 2.75) is 25.4 Å². The molecule has 2 aromatic carbocycles. The molecule has 1 aromatic heterocycles. The minimum Gasteiger partial charge on any atom is -0.457 e. The smallest absolute Gasteiger partial charge is 0.135 e. The number of hydrogen-bond acceptors (Lipinski definition) is 6. The van der Waals surface area contributed by atoms with Crippen LogP contribution in [-0.4, -0.2) is 29.1 Å². The van der Waals surface area contributed by atoms with Crippen LogP contribution in [0.25, 0.3) is 11.1 Å². The van der Waals surface area contributed by atoms with Gasteiger partial charge in [-0.15, -0.1) is 12.4 Å². The fourth-order valence-corrected chi connectivity index (χ4v) is 3.47. The summed E-state index contributed by atoms with van der Waals surface area (Å²) in [7, 11) is 0. The molecule has 4 rings (SSSR count). The molecule has 6 nitrogen and oxygen atoms in total. The highest BCUT2D eigenvalue weighted by atomic mass is 35.5. The van der Waals surface area contributed by atoms with E-state index in [1.54, 1.807) is 0 Å². The minimum absolute atomic E-state index is 0. The third kappa shape index (κ3) is 5.44. The van der Waals surface area contributed by atoms with Crippen molar-refractivity contribution >= 4 is 18.2 Å². The van der Waals surface area contributed by atoms with E-state index >= 15 is 0 Å². The van der Waals surface area contributed by atoms with Crippen molar-refractivity contribution in [3.05, 3.63) is 66.6 Å². The second kappa shape index (κ2) is 10.2. The van der Waals surface area contributed by atoms with Crippen LogP contribution in [0.1, 0.15) is 18.5 Å². The molecule has 1 aliphatic heterocycles. The van der Waals surface area contributed by atoms with E-state index in [0.29, 0.717) is 18.4 Å². The van der Waals surface area contributed by atoms with E-state index in [1.165, 1.54) is 6.33 Å². The van der Waals surface area contributed by atoms with Crippen molar-refractivity contribution in [3.63, 3.8) is 0 Å². The first-order valence-electron chi connectivity index (χ1n) is 9.66. The lowest BCUT2D eigenvalue weighted by molar-refractivity contribution is 0.385. The monoisotopic (exact) mass is 411 g/mol. The van der Waals surface area contributed by atoms with Gasteiger partial charge in [0, 0.05) is 18.2 Å². The molecule has 0 unspecified atom stereocenters. The normalized spacial score (nSPS) is 14.2. The largest absolute Gasteiger partial charge is 0.457 e. The molecule has 0 spiro atoms. The number of halogens is 1. The Balaban J connectivity index is 0.00000240. The van der Waals surface area contributed by atoms with Crippen LogP contribution in [0.5, 0.6) is 11.5 Å². The maximum atomic E-state index is 6.20. The van der Waals surface area contributed by atoms with Gasteiger partial charge in [-0.25, -0.2) is 9.97 Å². The summed E-state index contributed by atoms with van der Waals surface area (Å²) < 4.78 is 5.88. The SMILES string of the molecule is Cl.Nc1ncnc(CNC2CCNCC2)c1-c1ccc(Oc2ccccc2)cc1. The average Bonchev–Trinajstić information content (AvgIpc) is 2.75. The van der Waals surface area contributed by atoms with Crippen LogP contribution in [0.3, 0.4) is 0 Å². The van der Waals surface area contributed by atoms with E-state index in [-0.39, 0.29) is 12.4 Å². The van der Waals surface area contributed by atoms with E-state index in [1.807, 2.05) is 54.6 Å². The van der Waals surface area contributed by atoms with E-state index in [0.717, 1.165) is 54.3 Å². The highest BCUT2D eigenvalue weighted by molar-refractivity contribution is 5.85. The van der Waals surface area contributed by atoms with Crippen molar-refractivity contribution < 1.29 is 4.74 Å². The Hall–Kier alpha value is -2.67. The topological polar surface area (TPSA) is 85.1 Å². The Labute approximate surface area is 177 Å². The first-order valence-corrected chi connectivity index (χ1v) is 9.66. The highest BCUT2D eigenvalue weighted by Crippen LogP contribution is 2.30. The fraction of sp³-hybridized carbons (Fsp3) is 0.273. The van der Waals surface area contributed by atoms with Gasteiger partial charge in [0.15, 0.2) is 0 Å². The van der Waals surface area contributed by atoms with Crippen LogP contribution in [0.15, 0.2) is 60.9 Å². The van der Waals surface area contributed by atoms with Gasteiger partial charge in [-0.2, -0.15) is 0 Å². The van der Waals surface area contributed by atoms with Crippen LogP contribution in [0, 0.1) is 0 Å². The van der Waals surface area contributed by atoms with Crippen molar-refractivity contribution in [3.8, 4) is 22.6 Å². The third-order valence-corrected chi connectivity index (χ3v) is 4.97. The summed E-state index contributed by atoms with van der Waals surface area (Å²) in [5.41, 5.74) is 8.99. The van der Waals surface area contributed by atoms with E-state index in [9.17, 15) is 0 Å². The van der Waals surface area contributed by atoms with Crippen molar-refractivity contribution in [2.75, 3.05) is 18.8 Å². The molecule has 3 aromatic rings. The molecule has 0 atom stereocenters. The van der Waals surface area contributed by atoms with Crippen LogP contribution in [0.2, 0.25) is 0 Å². The number of piperidine rings is 1. The van der Waals surface area contributed by atoms with E-state index < -0.39 is 0 Å². The number of nitrogens with zero attached hydrogens (tertiary/aromatic N) is 2. The molecule has 1 aliphatic rings. The number of nitrogens with two attached hydrogens (primary N) is 1. The van der Waals surface area contributed by atoms with Crippen molar-refractivity contribution in [1.29, 1.82) is 0 Å². The predicted octanol–water partition coefficient (Wildman–Crippen LogP) is 3.78. The lowest BCUT2D eigenvalue weighted by Crippen LogP contribution is -2.39. The molecule has 1 fully saturated rings. The maximum Gasteiger partial charge on any atom is 0.135 e. The molecule has 7 heteroatoms. The van der Waals surface area contributed by atoms with Crippen LogP contribution in [0.4, 0.5) is 5.82 Å². The highest BCUT2D eigenvalue weighted by Gasteiger charge is 2.16. The number of ether oxygens (including phenoxy) is 1. The second-order valence-electron chi connectivity index (χ2n) is 6.93. The molecule has 2 heterocycles. The summed E-state index contributed by atoms with van der Waals surface area (Å²) in [5.74, 6) is 2.08. The quantitative estimate of drug-likeness (QED) is 0.572. The maximum absolute atomic E-state index is 6.20. The molecular formula is C22H26ClN5O. The molecule has 152 valence electrons. The number of nitrogens with one attached hydrogen (secondary N) is 2. The van der Waals surface area contributed by atoms with Gasteiger partial charge in [0.25, 0.3) is 0 Å². The number of hydrogen-bond donors (Lipinski definition) is 3. The van der Waals surface area contributed by atoms with Gasteiger partial charge in [0.05, 0.1) is 5.69 Å². The number of benzene rings is 2.